The van der Waals surface area contributed by atoms with Gasteiger partial charge >= 0.3 is 5.69 Å². The van der Waals surface area contributed by atoms with Gasteiger partial charge in [0.25, 0.3) is 0 Å². The van der Waals surface area contributed by atoms with Crippen molar-refractivity contribution in [1.29, 1.82) is 0 Å². The van der Waals surface area contributed by atoms with E-state index in [1.54, 1.807) is 12.1 Å². The number of hydrogen-bond donors (Lipinski definition) is 0. The number of nitro groups is 1. The van der Waals surface area contributed by atoms with Crippen LogP contribution in [0.1, 0.15) is 11.1 Å². The first-order chi connectivity index (χ1) is 10.1. The summed E-state index contributed by atoms with van der Waals surface area (Å²) in [5, 5.41) is 11.0. The van der Waals surface area contributed by atoms with Gasteiger partial charge in [-0.05, 0) is 29.3 Å². The van der Waals surface area contributed by atoms with E-state index in [2.05, 4.69) is 0 Å². The third-order valence-electron chi connectivity index (χ3n) is 2.90. The molecule has 2 aromatic carbocycles. The van der Waals surface area contributed by atoms with Crippen molar-refractivity contribution in [2.75, 3.05) is 7.11 Å². The van der Waals surface area contributed by atoms with E-state index in [9.17, 15) is 10.1 Å². The van der Waals surface area contributed by atoms with Crippen molar-refractivity contribution < 1.29 is 14.4 Å². The highest BCUT2D eigenvalue weighted by molar-refractivity contribution is 6.17. The molecule has 0 unspecified atom stereocenters. The molecular weight excluding hydrogens is 294 g/mol. The Bertz CT molecular complexity index is 645. The standard InChI is InChI=1S/C15H14ClNO4/c1-20-15-6-5-12(8-14(15)17(18)19)10-21-13-4-2-3-11(7-13)9-16/h2-8H,9-10H2,1H3. The number of rotatable bonds is 6. The van der Waals surface area contributed by atoms with Crippen molar-refractivity contribution in [1.82, 2.24) is 0 Å². The minimum Gasteiger partial charge on any atom is -0.490 e. The van der Waals surface area contributed by atoms with Crippen molar-refractivity contribution in [3.8, 4) is 11.5 Å². The van der Waals surface area contributed by atoms with E-state index >= 15 is 0 Å². The molecule has 0 saturated heterocycles. The minimum absolute atomic E-state index is 0.0758. The zero-order valence-electron chi connectivity index (χ0n) is 11.4. The van der Waals surface area contributed by atoms with Crippen LogP contribution in [0.2, 0.25) is 0 Å². The van der Waals surface area contributed by atoms with Crippen molar-refractivity contribution in [3.63, 3.8) is 0 Å². The molecule has 2 rings (SSSR count). The maximum atomic E-state index is 11.0. The Morgan fingerprint density at radius 3 is 2.67 bits per heavy atom. The quantitative estimate of drug-likeness (QED) is 0.461. The summed E-state index contributed by atoms with van der Waals surface area (Å²) in [5.41, 5.74) is 1.57. The predicted molar refractivity (Wildman–Crippen MR) is 80.0 cm³/mol. The first-order valence-corrected chi connectivity index (χ1v) is 6.76. The molecule has 0 fully saturated rings. The lowest BCUT2D eigenvalue weighted by molar-refractivity contribution is -0.385. The van der Waals surface area contributed by atoms with Gasteiger partial charge in [-0.15, -0.1) is 11.6 Å². The van der Waals surface area contributed by atoms with Crippen molar-refractivity contribution in [2.24, 2.45) is 0 Å². The van der Waals surface area contributed by atoms with Gasteiger partial charge in [0.15, 0.2) is 5.75 Å². The van der Waals surface area contributed by atoms with Crippen LogP contribution >= 0.6 is 11.6 Å². The van der Waals surface area contributed by atoms with Crippen LogP contribution in [0.3, 0.4) is 0 Å². The molecule has 5 nitrogen and oxygen atoms in total. The smallest absolute Gasteiger partial charge is 0.311 e. The molecule has 0 atom stereocenters. The topological polar surface area (TPSA) is 61.6 Å². The average Bonchev–Trinajstić information content (AvgIpc) is 2.52. The van der Waals surface area contributed by atoms with Crippen LogP contribution < -0.4 is 9.47 Å². The van der Waals surface area contributed by atoms with Gasteiger partial charge in [0.05, 0.1) is 12.0 Å². The van der Waals surface area contributed by atoms with E-state index in [4.69, 9.17) is 21.1 Å². The first kappa shape index (κ1) is 15.1. The SMILES string of the molecule is COc1ccc(COc2cccc(CCl)c2)cc1[N+](=O)[O-]. The predicted octanol–water partition coefficient (Wildman–Crippen LogP) is 3.92. The van der Waals surface area contributed by atoms with Crippen LogP contribution in [0.5, 0.6) is 11.5 Å². The molecule has 110 valence electrons. The van der Waals surface area contributed by atoms with Crippen molar-refractivity contribution in [2.45, 2.75) is 12.5 Å². The van der Waals surface area contributed by atoms with Gasteiger partial charge < -0.3 is 9.47 Å². The Morgan fingerprint density at radius 1 is 1.19 bits per heavy atom. The monoisotopic (exact) mass is 307 g/mol. The first-order valence-electron chi connectivity index (χ1n) is 6.23. The number of nitro benzene ring substituents is 1. The van der Waals surface area contributed by atoms with E-state index < -0.39 is 4.92 Å². The molecule has 2 aromatic rings. The molecule has 0 aliphatic heterocycles. The molecule has 21 heavy (non-hydrogen) atoms. The van der Waals surface area contributed by atoms with Gasteiger partial charge in [0, 0.05) is 11.9 Å². The van der Waals surface area contributed by atoms with Crippen LogP contribution in [0.4, 0.5) is 5.69 Å². The summed E-state index contributed by atoms with van der Waals surface area (Å²) >= 11 is 5.76. The summed E-state index contributed by atoms with van der Waals surface area (Å²) in [6, 6.07) is 12.1. The number of hydrogen-bond acceptors (Lipinski definition) is 4. The van der Waals surface area contributed by atoms with Crippen molar-refractivity contribution in [3.05, 3.63) is 63.7 Å². The van der Waals surface area contributed by atoms with Gasteiger partial charge in [0.2, 0.25) is 0 Å². The summed E-state index contributed by atoms with van der Waals surface area (Å²) < 4.78 is 10.6. The van der Waals surface area contributed by atoms with Gasteiger partial charge in [-0.2, -0.15) is 0 Å². The highest BCUT2D eigenvalue weighted by Crippen LogP contribution is 2.28. The Kier molecular flexibility index (Phi) is 5.00. The molecule has 0 spiro atoms. The fourth-order valence-corrected chi connectivity index (χ4v) is 2.02. The Balaban J connectivity index is 2.12. The van der Waals surface area contributed by atoms with E-state index in [0.29, 0.717) is 17.2 Å². The van der Waals surface area contributed by atoms with E-state index in [-0.39, 0.29) is 18.0 Å². The summed E-state index contributed by atoms with van der Waals surface area (Å²) in [5.74, 6) is 1.31. The fourth-order valence-electron chi connectivity index (χ4n) is 1.85. The molecular formula is C15H14ClNO4. The number of ether oxygens (including phenoxy) is 2. The maximum absolute atomic E-state index is 11.0. The maximum Gasteiger partial charge on any atom is 0.311 e. The summed E-state index contributed by atoms with van der Waals surface area (Å²) in [7, 11) is 1.40. The highest BCUT2D eigenvalue weighted by atomic mass is 35.5. The lowest BCUT2D eigenvalue weighted by Crippen LogP contribution is -1.99. The van der Waals surface area contributed by atoms with E-state index in [1.807, 2.05) is 24.3 Å². The zero-order chi connectivity index (χ0) is 15.2. The summed E-state index contributed by atoms with van der Waals surface area (Å²) in [6.07, 6.45) is 0. The number of methoxy groups -OCH3 is 1. The number of alkyl halides is 1. The highest BCUT2D eigenvalue weighted by Gasteiger charge is 2.15. The molecule has 6 heteroatoms. The molecule has 0 heterocycles. The zero-order valence-corrected chi connectivity index (χ0v) is 12.2. The Hall–Kier alpha value is -2.27. The molecule has 0 aliphatic rings. The third-order valence-corrected chi connectivity index (χ3v) is 3.21. The lowest BCUT2D eigenvalue weighted by Gasteiger charge is -2.08. The Labute approximate surface area is 127 Å². The second kappa shape index (κ2) is 6.95. The fraction of sp³-hybridized carbons (Fsp3) is 0.200. The normalized spacial score (nSPS) is 10.2. The molecule has 0 aliphatic carbocycles. The van der Waals surface area contributed by atoms with Gasteiger partial charge in [0.1, 0.15) is 12.4 Å². The summed E-state index contributed by atoms with van der Waals surface area (Å²) in [4.78, 5) is 10.5. The molecule has 0 radical (unpaired) electrons. The second-order valence-corrected chi connectivity index (χ2v) is 4.60. The van der Waals surface area contributed by atoms with Gasteiger partial charge in [-0.3, -0.25) is 10.1 Å². The van der Waals surface area contributed by atoms with E-state index in [1.165, 1.54) is 13.2 Å². The van der Waals surface area contributed by atoms with Crippen LogP contribution in [-0.4, -0.2) is 12.0 Å². The average molecular weight is 308 g/mol. The van der Waals surface area contributed by atoms with Crippen molar-refractivity contribution >= 4 is 17.3 Å². The van der Waals surface area contributed by atoms with Crippen LogP contribution in [-0.2, 0) is 12.5 Å². The minimum atomic E-state index is -0.476. The molecule has 0 aromatic heterocycles. The largest absolute Gasteiger partial charge is 0.490 e. The third kappa shape index (κ3) is 3.86. The van der Waals surface area contributed by atoms with Gasteiger partial charge in [-0.25, -0.2) is 0 Å². The van der Waals surface area contributed by atoms with Crippen LogP contribution in [0.25, 0.3) is 0 Å². The molecule has 0 bridgehead atoms. The summed E-state index contributed by atoms with van der Waals surface area (Å²) in [6.45, 7) is 0.233. The molecule has 0 amide bonds. The van der Waals surface area contributed by atoms with Crippen LogP contribution in [0, 0.1) is 10.1 Å². The van der Waals surface area contributed by atoms with Gasteiger partial charge in [-0.1, -0.05) is 18.2 Å². The Morgan fingerprint density at radius 2 is 2.00 bits per heavy atom. The number of benzene rings is 2. The molecule has 0 N–H and O–H groups in total. The number of halogens is 1. The number of nitrogens with zero attached hydrogens (tertiary/aromatic N) is 1. The lowest BCUT2D eigenvalue weighted by atomic mass is 10.2. The van der Waals surface area contributed by atoms with E-state index in [0.717, 1.165) is 5.56 Å². The molecule has 0 saturated carbocycles. The van der Waals surface area contributed by atoms with Crippen LogP contribution in [0.15, 0.2) is 42.5 Å². The second-order valence-electron chi connectivity index (χ2n) is 4.33.